The van der Waals surface area contributed by atoms with E-state index < -0.39 is 0 Å². The van der Waals surface area contributed by atoms with Crippen LogP contribution >= 0.6 is 0 Å². The van der Waals surface area contributed by atoms with E-state index in [0.29, 0.717) is 12.6 Å². The van der Waals surface area contributed by atoms with Gasteiger partial charge in [-0.25, -0.2) is 0 Å². The van der Waals surface area contributed by atoms with Gasteiger partial charge >= 0.3 is 0 Å². The van der Waals surface area contributed by atoms with Gasteiger partial charge in [-0.2, -0.15) is 0 Å². The van der Waals surface area contributed by atoms with E-state index in [1.165, 1.54) is 0 Å². The standard InChI is InChI=1S/C10H21NO2/c1-8-6-13-7-10(2,3)5-9(12)11(8)4/h8-9,12H,5-7H2,1-4H3. The topological polar surface area (TPSA) is 32.7 Å². The molecule has 0 aromatic rings. The summed E-state index contributed by atoms with van der Waals surface area (Å²) in [6.07, 6.45) is 0.433. The number of aliphatic hydroxyl groups excluding tert-OH is 1. The van der Waals surface area contributed by atoms with Gasteiger partial charge < -0.3 is 9.84 Å². The van der Waals surface area contributed by atoms with Crippen LogP contribution in [0.15, 0.2) is 0 Å². The molecule has 1 saturated heterocycles. The van der Waals surface area contributed by atoms with Crippen LogP contribution in [-0.4, -0.2) is 42.5 Å². The Morgan fingerprint density at radius 1 is 1.46 bits per heavy atom. The van der Waals surface area contributed by atoms with E-state index in [1.807, 2.05) is 11.9 Å². The van der Waals surface area contributed by atoms with Gasteiger partial charge in [0.25, 0.3) is 0 Å². The van der Waals surface area contributed by atoms with Crippen LogP contribution in [0.25, 0.3) is 0 Å². The van der Waals surface area contributed by atoms with E-state index in [0.717, 1.165) is 13.0 Å². The molecule has 1 aliphatic heterocycles. The second-order valence-electron chi connectivity index (χ2n) is 4.88. The third kappa shape index (κ3) is 2.93. The Bertz CT molecular complexity index is 170. The average Bonchev–Trinajstić information content (AvgIpc) is 2.00. The monoisotopic (exact) mass is 187 g/mol. The highest BCUT2D eigenvalue weighted by Crippen LogP contribution is 2.26. The number of nitrogens with zero attached hydrogens (tertiary/aromatic N) is 1. The molecule has 0 saturated carbocycles. The smallest absolute Gasteiger partial charge is 0.108 e. The van der Waals surface area contributed by atoms with Crippen LogP contribution in [0.1, 0.15) is 27.2 Å². The fourth-order valence-electron chi connectivity index (χ4n) is 1.61. The minimum absolute atomic E-state index is 0.0772. The van der Waals surface area contributed by atoms with Crippen LogP contribution in [-0.2, 0) is 4.74 Å². The summed E-state index contributed by atoms with van der Waals surface area (Å²) in [4.78, 5) is 1.97. The highest BCUT2D eigenvalue weighted by molar-refractivity contribution is 4.77. The molecule has 1 fully saturated rings. The van der Waals surface area contributed by atoms with E-state index in [1.54, 1.807) is 0 Å². The second-order valence-corrected chi connectivity index (χ2v) is 4.88. The van der Waals surface area contributed by atoms with Gasteiger partial charge in [-0.15, -0.1) is 0 Å². The lowest BCUT2D eigenvalue weighted by Gasteiger charge is -2.38. The van der Waals surface area contributed by atoms with Gasteiger partial charge in [-0.3, -0.25) is 4.90 Å². The molecule has 0 aromatic carbocycles. The molecule has 1 aliphatic rings. The molecule has 13 heavy (non-hydrogen) atoms. The van der Waals surface area contributed by atoms with Crippen LogP contribution in [0.4, 0.5) is 0 Å². The molecule has 0 spiro atoms. The molecule has 0 aromatic heterocycles. The fourth-order valence-corrected chi connectivity index (χ4v) is 1.61. The summed E-state index contributed by atoms with van der Waals surface area (Å²) < 4.78 is 5.57. The summed E-state index contributed by atoms with van der Waals surface area (Å²) in [6, 6.07) is 0.297. The maximum atomic E-state index is 9.86. The van der Waals surface area contributed by atoms with Gasteiger partial charge in [0.2, 0.25) is 0 Å². The van der Waals surface area contributed by atoms with Crippen molar-refractivity contribution in [3.8, 4) is 0 Å². The molecule has 1 heterocycles. The van der Waals surface area contributed by atoms with Crippen molar-refractivity contribution in [1.29, 1.82) is 0 Å². The van der Waals surface area contributed by atoms with Crippen molar-refractivity contribution in [1.82, 2.24) is 4.90 Å². The van der Waals surface area contributed by atoms with Gasteiger partial charge in [0.05, 0.1) is 13.2 Å². The third-order valence-electron chi connectivity index (χ3n) is 2.75. The summed E-state index contributed by atoms with van der Waals surface area (Å²) in [7, 11) is 1.94. The van der Waals surface area contributed by atoms with Crippen molar-refractivity contribution in [2.24, 2.45) is 5.41 Å². The van der Waals surface area contributed by atoms with Gasteiger partial charge in [0.15, 0.2) is 0 Å². The van der Waals surface area contributed by atoms with Gasteiger partial charge in [-0.05, 0) is 25.8 Å². The second kappa shape index (κ2) is 3.95. The molecule has 78 valence electrons. The normalized spacial score (nSPS) is 36.7. The Kier molecular flexibility index (Phi) is 3.33. The number of ether oxygens (including phenoxy) is 1. The molecule has 1 N–H and O–H groups in total. The predicted octanol–water partition coefficient (Wildman–Crippen LogP) is 1.07. The van der Waals surface area contributed by atoms with E-state index >= 15 is 0 Å². The van der Waals surface area contributed by atoms with Gasteiger partial charge in [0, 0.05) is 6.04 Å². The van der Waals surface area contributed by atoms with Crippen molar-refractivity contribution >= 4 is 0 Å². The minimum atomic E-state index is -0.339. The third-order valence-corrected chi connectivity index (χ3v) is 2.75. The summed E-state index contributed by atoms with van der Waals surface area (Å²) in [5, 5.41) is 9.86. The number of aliphatic hydroxyl groups is 1. The number of rotatable bonds is 0. The van der Waals surface area contributed by atoms with Gasteiger partial charge in [-0.1, -0.05) is 13.8 Å². The van der Waals surface area contributed by atoms with E-state index in [4.69, 9.17) is 4.74 Å². The molecule has 0 aliphatic carbocycles. The van der Waals surface area contributed by atoms with E-state index in [2.05, 4.69) is 20.8 Å². The summed E-state index contributed by atoms with van der Waals surface area (Å²) in [5.74, 6) is 0. The SMILES string of the molecule is CC1COCC(C)(C)CC(O)N1C. The molecule has 1 rings (SSSR count). The van der Waals surface area contributed by atoms with Crippen molar-refractivity contribution in [2.75, 3.05) is 20.3 Å². The molecule has 2 atom stereocenters. The fraction of sp³-hybridized carbons (Fsp3) is 1.00. The average molecular weight is 187 g/mol. The minimum Gasteiger partial charge on any atom is -0.379 e. The lowest BCUT2D eigenvalue weighted by atomic mass is 9.88. The highest BCUT2D eigenvalue weighted by Gasteiger charge is 2.29. The quantitative estimate of drug-likeness (QED) is 0.616. The van der Waals surface area contributed by atoms with Crippen molar-refractivity contribution in [2.45, 2.75) is 39.5 Å². The Morgan fingerprint density at radius 2 is 2.08 bits per heavy atom. The number of likely N-dealkylation sites (N-methyl/N-ethyl adjacent to an activating group) is 1. The predicted molar refractivity (Wildman–Crippen MR) is 52.4 cm³/mol. The summed E-state index contributed by atoms with van der Waals surface area (Å²) in [5.41, 5.74) is 0.0772. The lowest BCUT2D eigenvalue weighted by Crippen LogP contribution is -2.46. The number of hydrogen-bond acceptors (Lipinski definition) is 3. The van der Waals surface area contributed by atoms with Gasteiger partial charge in [0.1, 0.15) is 6.23 Å². The highest BCUT2D eigenvalue weighted by atomic mass is 16.5. The molecule has 0 amide bonds. The molecule has 2 unspecified atom stereocenters. The van der Waals surface area contributed by atoms with Crippen LogP contribution in [0.3, 0.4) is 0 Å². The lowest BCUT2D eigenvalue weighted by molar-refractivity contribution is -0.0930. The van der Waals surface area contributed by atoms with Crippen LogP contribution in [0.5, 0.6) is 0 Å². The maximum absolute atomic E-state index is 9.86. The van der Waals surface area contributed by atoms with Crippen molar-refractivity contribution in [3.05, 3.63) is 0 Å². The first-order valence-corrected chi connectivity index (χ1v) is 4.90. The molecule has 0 bridgehead atoms. The van der Waals surface area contributed by atoms with Crippen molar-refractivity contribution in [3.63, 3.8) is 0 Å². The van der Waals surface area contributed by atoms with Crippen LogP contribution in [0.2, 0.25) is 0 Å². The first kappa shape index (κ1) is 11.0. The molecular formula is C10H21NO2. The summed E-state index contributed by atoms with van der Waals surface area (Å²) in [6.45, 7) is 7.76. The van der Waals surface area contributed by atoms with Crippen LogP contribution < -0.4 is 0 Å². The largest absolute Gasteiger partial charge is 0.379 e. The summed E-state index contributed by atoms with van der Waals surface area (Å²) >= 11 is 0. The zero-order valence-corrected chi connectivity index (χ0v) is 9.08. The molecule has 3 nitrogen and oxygen atoms in total. The first-order chi connectivity index (χ1) is 5.92. The zero-order valence-electron chi connectivity index (χ0n) is 9.08. The van der Waals surface area contributed by atoms with Crippen molar-refractivity contribution < 1.29 is 9.84 Å². The number of hydrogen-bond donors (Lipinski definition) is 1. The Labute approximate surface area is 80.7 Å². The zero-order chi connectivity index (χ0) is 10.1. The van der Waals surface area contributed by atoms with Crippen LogP contribution in [0, 0.1) is 5.41 Å². The van der Waals surface area contributed by atoms with E-state index in [-0.39, 0.29) is 11.6 Å². The Hall–Kier alpha value is -0.120. The maximum Gasteiger partial charge on any atom is 0.108 e. The Morgan fingerprint density at radius 3 is 2.69 bits per heavy atom. The molecule has 0 radical (unpaired) electrons. The van der Waals surface area contributed by atoms with E-state index in [9.17, 15) is 5.11 Å². The Balaban J connectivity index is 2.62. The molecule has 3 heteroatoms. The molecular weight excluding hydrogens is 166 g/mol. The first-order valence-electron chi connectivity index (χ1n) is 4.90.